The van der Waals surface area contributed by atoms with Crippen molar-refractivity contribution in [1.82, 2.24) is 4.90 Å². The number of nitro benzene ring substituents is 1. The maximum absolute atomic E-state index is 13.0. The van der Waals surface area contributed by atoms with Crippen LogP contribution >= 0.6 is 23.2 Å². The third-order valence-electron chi connectivity index (χ3n) is 4.98. The molecule has 2 aromatic rings. The fourth-order valence-electron chi connectivity index (χ4n) is 3.45. The van der Waals surface area contributed by atoms with E-state index in [2.05, 4.69) is 0 Å². The lowest BCUT2D eigenvalue weighted by molar-refractivity contribution is -0.387. The van der Waals surface area contributed by atoms with Gasteiger partial charge in [-0.15, -0.1) is 0 Å². The van der Waals surface area contributed by atoms with Gasteiger partial charge in [0.05, 0.1) is 22.3 Å². The normalized spacial score (nSPS) is 14.6. The number of nitrogens with zero attached hydrogens (tertiary/aromatic N) is 3. The van der Waals surface area contributed by atoms with Gasteiger partial charge in [0.1, 0.15) is 10.6 Å². The Bertz CT molecular complexity index is 1090. The number of esters is 1. The van der Waals surface area contributed by atoms with E-state index in [1.807, 2.05) is 4.90 Å². The van der Waals surface area contributed by atoms with E-state index in [1.165, 1.54) is 12.1 Å². The maximum Gasteiger partial charge on any atom is 0.318 e. The van der Waals surface area contributed by atoms with E-state index in [1.54, 1.807) is 30.0 Å². The minimum Gasteiger partial charge on any atom is -0.465 e. The summed E-state index contributed by atoms with van der Waals surface area (Å²) in [7, 11) is -1.97. The van der Waals surface area contributed by atoms with Crippen LogP contribution in [0.5, 0.6) is 0 Å². The van der Waals surface area contributed by atoms with Gasteiger partial charge >= 0.3 is 5.97 Å². The zero-order chi connectivity index (χ0) is 24.1. The number of nitro groups is 1. The summed E-state index contributed by atoms with van der Waals surface area (Å²) in [6, 6.07) is 8.97. The predicted molar refractivity (Wildman–Crippen MR) is 126 cm³/mol. The summed E-state index contributed by atoms with van der Waals surface area (Å²) in [5.74, 6) is -1.59. The molecule has 1 fully saturated rings. The number of amides is 1. The van der Waals surface area contributed by atoms with Crippen LogP contribution < -0.4 is 4.90 Å². The van der Waals surface area contributed by atoms with Gasteiger partial charge in [-0.3, -0.25) is 23.9 Å². The number of piperazine rings is 1. The Kier molecular flexibility index (Phi) is 8.28. The number of rotatable bonds is 7. The van der Waals surface area contributed by atoms with Gasteiger partial charge in [0.2, 0.25) is 0 Å². The van der Waals surface area contributed by atoms with Gasteiger partial charge < -0.3 is 14.5 Å². The van der Waals surface area contributed by atoms with Crippen LogP contribution in [0, 0.1) is 10.1 Å². The van der Waals surface area contributed by atoms with Crippen LogP contribution in [-0.4, -0.2) is 64.4 Å². The first kappa shape index (κ1) is 24.9. The van der Waals surface area contributed by atoms with Crippen molar-refractivity contribution in [3.63, 3.8) is 0 Å². The van der Waals surface area contributed by atoms with Gasteiger partial charge in [-0.2, -0.15) is 0 Å². The number of ether oxygens (including phenoxy) is 1. The van der Waals surface area contributed by atoms with Gasteiger partial charge in [0.25, 0.3) is 11.6 Å². The van der Waals surface area contributed by atoms with Crippen molar-refractivity contribution < 1.29 is 23.5 Å². The number of carbonyl (C=O) groups is 2. The van der Waals surface area contributed by atoms with Crippen LogP contribution in [0.15, 0.2) is 41.3 Å². The first-order chi connectivity index (χ1) is 15.7. The molecule has 1 saturated heterocycles. The summed E-state index contributed by atoms with van der Waals surface area (Å²) in [6.07, 6.45) is 0. The van der Waals surface area contributed by atoms with Crippen LogP contribution in [-0.2, 0) is 20.3 Å². The molecule has 1 heterocycles. The average molecular weight is 514 g/mol. The minimum absolute atomic E-state index is 0.109. The molecule has 1 aliphatic heterocycles. The van der Waals surface area contributed by atoms with E-state index in [-0.39, 0.29) is 23.0 Å². The summed E-state index contributed by atoms with van der Waals surface area (Å²) in [6.45, 7) is 3.58. The molecule has 176 valence electrons. The fraction of sp³-hybridized carbons (Fsp3) is 0.333. The SMILES string of the molecule is CCOC(=O)CS(=O)c1ccc(C(=O)N2CCN(c3cc(Cl)cc(Cl)c3)CC2)cc1[N+](=O)[O-]. The van der Waals surface area contributed by atoms with Crippen LogP contribution in [0.3, 0.4) is 0 Å². The monoisotopic (exact) mass is 513 g/mol. The van der Waals surface area contributed by atoms with Crippen molar-refractivity contribution >= 4 is 57.3 Å². The van der Waals surface area contributed by atoms with E-state index in [0.29, 0.717) is 36.2 Å². The van der Waals surface area contributed by atoms with E-state index < -0.39 is 33.1 Å². The molecule has 0 aliphatic carbocycles. The lowest BCUT2D eigenvalue weighted by Gasteiger charge is -2.36. The lowest BCUT2D eigenvalue weighted by Crippen LogP contribution is -2.48. The molecular formula is C21H21Cl2N3O6S. The Morgan fingerprint density at radius 2 is 1.73 bits per heavy atom. The molecule has 1 aliphatic rings. The molecule has 1 atom stereocenters. The first-order valence-electron chi connectivity index (χ1n) is 10.0. The number of carbonyl (C=O) groups excluding carboxylic acids is 2. The average Bonchev–Trinajstić information content (AvgIpc) is 2.77. The molecule has 12 heteroatoms. The Morgan fingerprint density at radius 1 is 1.09 bits per heavy atom. The standard InChI is InChI=1S/C21H21Cl2N3O6S/c1-2-32-20(27)13-33(31)19-4-3-14(9-18(19)26(29)30)21(28)25-7-5-24(6-8-25)17-11-15(22)10-16(23)12-17/h3-4,9-12H,2,5-8,13H2,1H3. The maximum atomic E-state index is 13.0. The fourth-order valence-corrected chi connectivity index (χ4v) is 5.00. The molecule has 9 nitrogen and oxygen atoms in total. The van der Waals surface area contributed by atoms with Crippen LogP contribution in [0.4, 0.5) is 11.4 Å². The van der Waals surface area contributed by atoms with Crippen molar-refractivity contribution in [2.45, 2.75) is 11.8 Å². The molecule has 0 N–H and O–H groups in total. The van der Waals surface area contributed by atoms with E-state index in [4.69, 9.17) is 27.9 Å². The molecule has 0 bridgehead atoms. The Morgan fingerprint density at radius 3 is 2.30 bits per heavy atom. The molecule has 1 amide bonds. The summed E-state index contributed by atoms with van der Waals surface area (Å²) >= 11 is 12.1. The molecule has 0 spiro atoms. The van der Waals surface area contributed by atoms with Crippen LogP contribution in [0.2, 0.25) is 10.0 Å². The van der Waals surface area contributed by atoms with E-state index >= 15 is 0 Å². The van der Waals surface area contributed by atoms with E-state index in [0.717, 1.165) is 11.8 Å². The topological polar surface area (TPSA) is 110 Å². The second-order valence-corrected chi connectivity index (χ2v) is 9.43. The minimum atomic E-state index is -1.97. The van der Waals surface area contributed by atoms with Gasteiger partial charge in [-0.05, 0) is 37.3 Å². The predicted octanol–water partition coefficient (Wildman–Crippen LogP) is 3.53. The zero-order valence-electron chi connectivity index (χ0n) is 17.7. The van der Waals surface area contributed by atoms with Gasteiger partial charge in [-0.25, -0.2) is 0 Å². The lowest BCUT2D eigenvalue weighted by atomic mass is 10.1. The van der Waals surface area contributed by atoms with Crippen LogP contribution in [0.25, 0.3) is 0 Å². The molecule has 1 unspecified atom stereocenters. The van der Waals surface area contributed by atoms with Crippen molar-refractivity contribution in [3.8, 4) is 0 Å². The second-order valence-electron chi connectivity index (χ2n) is 7.14. The van der Waals surface area contributed by atoms with Crippen molar-refractivity contribution in [2.75, 3.05) is 43.4 Å². The molecule has 33 heavy (non-hydrogen) atoms. The third-order valence-corrected chi connectivity index (χ3v) is 6.75. The highest BCUT2D eigenvalue weighted by Crippen LogP contribution is 2.28. The van der Waals surface area contributed by atoms with Crippen LogP contribution in [0.1, 0.15) is 17.3 Å². The number of anilines is 1. The third kappa shape index (κ3) is 6.21. The van der Waals surface area contributed by atoms with Gasteiger partial charge in [0, 0.05) is 53.5 Å². The number of halogens is 2. The number of benzene rings is 2. The highest BCUT2D eigenvalue weighted by Gasteiger charge is 2.27. The molecule has 0 aromatic heterocycles. The molecular weight excluding hydrogens is 493 g/mol. The number of hydrogen-bond acceptors (Lipinski definition) is 7. The molecule has 0 saturated carbocycles. The van der Waals surface area contributed by atoms with Crippen molar-refractivity contribution in [2.24, 2.45) is 0 Å². The van der Waals surface area contributed by atoms with Crippen molar-refractivity contribution in [3.05, 3.63) is 62.1 Å². The molecule has 2 aromatic carbocycles. The largest absolute Gasteiger partial charge is 0.465 e. The number of hydrogen-bond donors (Lipinski definition) is 0. The zero-order valence-corrected chi connectivity index (χ0v) is 20.0. The summed E-state index contributed by atoms with van der Waals surface area (Å²) in [5, 5.41) is 12.6. The summed E-state index contributed by atoms with van der Waals surface area (Å²) in [5.41, 5.74) is 0.484. The van der Waals surface area contributed by atoms with Crippen molar-refractivity contribution in [1.29, 1.82) is 0 Å². The quantitative estimate of drug-likeness (QED) is 0.316. The van der Waals surface area contributed by atoms with Gasteiger partial charge in [-0.1, -0.05) is 23.2 Å². The smallest absolute Gasteiger partial charge is 0.318 e. The first-order valence-corrected chi connectivity index (χ1v) is 12.1. The molecule has 0 radical (unpaired) electrons. The summed E-state index contributed by atoms with van der Waals surface area (Å²) < 4.78 is 17.2. The molecule has 3 rings (SSSR count). The van der Waals surface area contributed by atoms with Gasteiger partial charge in [0.15, 0.2) is 0 Å². The Hall–Kier alpha value is -2.69. The highest BCUT2D eigenvalue weighted by atomic mass is 35.5. The van der Waals surface area contributed by atoms with E-state index in [9.17, 15) is 23.9 Å². The summed E-state index contributed by atoms with van der Waals surface area (Å²) in [4.78, 5) is 38.9. The Labute approximate surface area is 202 Å². The second kappa shape index (κ2) is 11.0. The Balaban J connectivity index is 1.72. The highest BCUT2D eigenvalue weighted by molar-refractivity contribution is 7.85.